The van der Waals surface area contributed by atoms with Crippen molar-refractivity contribution < 1.29 is 54.8 Å². The Morgan fingerprint density at radius 1 is 0.875 bits per heavy atom. The van der Waals surface area contributed by atoms with E-state index in [1.165, 1.54) is 19.1 Å². The minimum atomic E-state index is -1.69. The molecule has 180 valence electrons. The van der Waals surface area contributed by atoms with E-state index in [2.05, 4.69) is 5.32 Å². The van der Waals surface area contributed by atoms with Gasteiger partial charge in [-0.3, -0.25) is 4.79 Å². The average molecular weight is 459 g/mol. The molecule has 2 aliphatic rings. The molecular weight excluding hydrogens is 430 g/mol. The van der Waals surface area contributed by atoms with E-state index in [9.17, 15) is 40.5 Å². The van der Waals surface area contributed by atoms with Crippen LogP contribution >= 0.6 is 0 Å². The van der Waals surface area contributed by atoms with E-state index in [0.29, 0.717) is 5.69 Å². The summed E-state index contributed by atoms with van der Waals surface area (Å²) in [6.07, 6.45) is -13.4. The molecule has 3 rings (SSSR count). The quantitative estimate of drug-likeness (QED) is 0.215. The fourth-order valence-electron chi connectivity index (χ4n) is 4.02. The smallest absolute Gasteiger partial charge is 0.229 e. The van der Waals surface area contributed by atoms with Crippen molar-refractivity contribution in [1.29, 1.82) is 0 Å². The summed E-state index contributed by atoms with van der Waals surface area (Å²) in [5.41, 5.74) is 0.519. The van der Waals surface area contributed by atoms with Crippen LogP contribution in [0.2, 0.25) is 0 Å². The summed E-state index contributed by atoms with van der Waals surface area (Å²) >= 11 is 0. The lowest BCUT2D eigenvalue weighted by atomic mass is 9.79. The third-order valence-corrected chi connectivity index (χ3v) is 5.68. The Balaban J connectivity index is 1.75. The van der Waals surface area contributed by atoms with Gasteiger partial charge < -0.3 is 55.3 Å². The topological polar surface area (TPSA) is 198 Å². The molecule has 5 unspecified atom stereocenters. The van der Waals surface area contributed by atoms with Crippen molar-refractivity contribution in [1.82, 2.24) is 0 Å². The number of anilines is 1. The molecule has 8 N–H and O–H groups in total. The monoisotopic (exact) mass is 459 g/mol. The lowest BCUT2D eigenvalue weighted by Crippen LogP contribution is -2.67. The third-order valence-electron chi connectivity index (χ3n) is 5.68. The molecule has 1 aromatic rings. The number of amides is 1. The van der Waals surface area contributed by atoms with Gasteiger partial charge in [0, 0.05) is 18.5 Å². The zero-order chi connectivity index (χ0) is 23.6. The number of rotatable bonds is 6. The Labute approximate surface area is 183 Å². The number of aliphatic hydroxyl groups is 7. The molecule has 32 heavy (non-hydrogen) atoms. The SMILES string of the molecule is CC(=O)Nc1ccc(O[C@H]2OC(CO)C([C@H]3OC(CO)[C@@H](O)C(O)[C@H]3O)C(O)[C@@H]2O)cc1. The van der Waals surface area contributed by atoms with Gasteiger partial charge in [0.25, 0.3) is 0 Å². The van der Waals surface area contributed by atoms with Gasteiger partial charge in [-0.05, 0) is 24.3 Å². The molecule has 2 saturated heterocycles. The number of carbonyl (C=O) groups is 1. The van der Waals surface area contributed by atoms with Gasteiger partial charge >= 0.3 is 0 Å². The summed E-state index contributed by atoms with van der Waals surface area (Å²) < 4.78 is 16.7. The van der Waals surface area contributed by atoms with E-state index in [0.717, 1.165) is 0 Å². The Morgan fingerprint density at radius 3 is 2.06 bits per heavy atom. The summed E-state index contributed by atoms with van der Waals surface area (Å²) in [5, 5.41) is 73.5. The molecule has 2 heterocycles. The second-order valence-corrected chi connectivity index (χ2v) is 7.90. The van der Waals surface area contributed by atoms with E-state index < -0.39 is 74.3 Å². The summed E-state index contributed by atoms with van der Waals surface area (Å²) in [4.78, 5) is 11.1. The first-order chi connectivity index (χ1) is 15.2. The Morgan fingerprint density at radius 2 is 1.50 bits per heavy atom. The van der Waals surface area contributed by atoms with E-state index >= 15 is 0 Å². The van der Waals surface area contributed by atoms with Crippen molar-refractivity contribution in [3.05, 3.63) is 24.3 Å². The second kappa shape index (κ2) is 10.4. The Hall–Kier alpha value is -1.87. The van der Waals surface area contributed by atoms with Gasteiger partial charge in [0.1, 0.15) is 36.3 Å². The van der Waals surface area contributed by atoms with Crippen LogP contribution in [0.15, 0.2) is 24.3 Å². The highest BCUT2D eigenvalue weighted by molar-refractivity contribution is 5.88. The second-order valence-electron chi connectivity index (χ2n) is 7.90. The maximum atomic E-state index is 11.1. The van der Waals surface area contributed by atoms with Crippen LogP contribution in [-0.4, -0.2) is 110 Å². The molecule has 0 radical (unpaired) electrons. The Bertz CT molecular complexity index is 758. The lowest BCUT2D eigenvalue weighted by Gasteiger charge is -2.49. The molecule has 1 aromatic carbocycles. The van der Waals surface area contributed by atoms with E-state index in [-0.39, 0.29) is 11.7 Å². The molecule has 12 heteroatoms. The molecular formula is C20H29NO11. The first-order valence-electron chi connectivity index (χ1n) is 10.1. The summed E-state index contributed by atoms with van der Waals surface area (Å²) in [5.74, 6) is -1.22. The van der Waals surface area contributed by atoms with Crippen molar-refractivity contribution in [3.63, 3.8) is 0 Å². The van der Waals surface area contributed by atoms with Crippen LogP contribution < -0.4 is 10.1 Å². The van der Waals surface area contributed by atoms with Gasteiger partial charge in [-0.15, -0.1) is 0 Å². The molecule has 0 aliphatic carbocycles. The van der Waals surface area contributed by atoms with Crippen LogP contribution in [-0.2, 0) is 14.3 Å². The van der Waals surface area contributed by atoms with E-state index in [1.807, 2.05) is 0 Å². The first kappa shape index (κ1) is 24.8. The van der Waals surface area contributed by atoms with Crippen molar-refractivity contribution in [2.75, 3.05) is 18.5 Å². The molecule has 0 bridgehead atoms. The molecule has 0 aromatic heterocycles. The predicted octanol–water partition coefficient (Wildman–Crippen LogP) is -3.08. The molecule has 0 saturated carbocycles. The van der Waals surface area contributed by atoms with Crippen LogP contribution in [0.25, 0.3) is 0 Å². The molecule has 2 fully saturated rings. The molecule has 12 nitrogen and oxygen atoms in total. The number of aliphatic hydroxyl groups excluding tert-OH is 7. The van der Waals surface area contributed by atoms with Gasteiger partial charge in [0.05, 0.1) is 31.5 Å². The fraction of sp³-hybridized carbons (Fsp3) is 0.650. The highest BCUT2D eigenvalue weighted by atomic mass is 16.7. The first-order valence-corrected chi connectivity index (χ1v) is 10.1. The minimum absolute atomic E-state index is 0.248. The number of hydrogen-bond donors (Lipinski definition) is 8. The van der Waals surface area contributed by atoms with Crippen LogP contribution in [0.4, 0.5) is 5.69 Å². The van der Waals surface area contributed by atoms with Crippen LogP contribution in [0.1, 0.15) is 6.92 Å². The van der Waals surface area contributed by atoms with Crippen molar-refractivity contribution >= 4 is 11.6 Å². The fourth-order valence-corrected chi connectivity index (χ4v) is 4.02. The minimum Gasteiger partial charge on any atom is -0.462 e. The molecule has 10 atom stereocenters. The lowest BCUT2D eigenvalue weighted by molar-refractivity contribution is -0.310. The standard InChI is InChI=1S/C20H29NO11/c1-8(24)21-9-2-4-10(5-3-9)30-20-18(29)15(26)13(11(6-22)32-20)19-17(28)16(27)14(25)12(7-23)31-19/h2-5,11-20,22-23,25-29H,6-7H2,1H3,(H,21,24)/t11?,12?,13?,14-,15?,16?,17-,18+,19-,20+/m1/s1. The summed E-state index contributed by atoms with van der Waals surface area (Å²) in [6.45, 7) is 0.0430. The largest absolute Gasteiger partial charge is 0.462 e. The zero-order valence-corrected chi connectivity index (χ0v) is 17.3. The van der Waals surface area contributed by atoms with Gasteiger partial charge in [-0.25, -0.2) is 0 Å². The number of ether oxygens (including phenoxy) is 3. The maximum Gasteiger partial charge on any atom is 0.229 e. The number of benzene rings is 1. The predicted molar refractivity (Wildman–Crippen MR) is 106 cm³/mol. The highest BCUT2D eigenvalue weighted by Gasteiger charge is 2.55. The van der Waals surface area contributed by atoms with Crippen molar-refractivity contribution in [3.8, 4) is 5.75 Å². The number of nitrogens with one attached hydrogen (secondary N) is 1. The van der Waals surface area contributed by atoms with Crippen LogP contribution in [0.3, 0.4) is 0 Å². The maximum absolute atomic E-state index is 11.1. The van der Waals surface area contributed by atoms with Crippen LogP contribution in [0.5, 0.6) is 5.75 Å². The van der Waals surface area contributed by atoms with E-state index in [4.69, 9.17) is 14.2 Å². The number of carbonyl (C=O) groups excluding carboxylic acids is 1. The molecule has 2 aliphatic heterocycles. The summed E-state index contributed by atoms with van der Waals surface area (Å²) in [6, 6.07) is 6.13. The van der Waals surface area contributed by atoms with Crippen molar-refractivity contribution in [2.24, 2.45) is 5.92 Å². The van der Waals surface area contributed by atoms with Crippen LogP contribution in [0, 0.1) is 5.92 Å². The zero-order valence-electron chi connectivity index (χ0n) is 17.3. The van der Waals surface area contributed by atoms with Gasteiger partial charge in [-0.1, -0.05) is 0 Å². The summed E-state index contributed by atoms with van der Waals surface area (Å²) in [7, 11) is 0. The van der Waals surface area contributed by atoms with E-state index in [1.54, 1.807) is 12.1 Å². The third kappa shape index (κ3) is 5.03. The average Bonchev–Trinajstić information content (AvgIpc) is 2.77. The van der Waals surface area contributed by atoms with Crippen molar-refractivity contribution in [2.45, 2.75) is 62.0 Å². The normalized spacial score (nSPS) is 40.0. The highest BCUT2D eigenvalue weighted by Crippen LogP contribution is 2.36. The Kier molecular flexibility index (Phi) is 8.03. The molecule has 0 spiro atoms. The number of hydrogen-bond acceptors (Lipinski definition) is 11. The van der Waals surface area contributed by atoms with Gasteiger partial charge in [0.2, 0.25) is 12.2 Å². The molecule has 1 amide bonds. The van der Waals surface area contributed by atoms with Gasteiger partial charge in [0.15, 0.2) is 0 Å². The van der Waals surface area contributed by atoms with Gasteiger partial charge in [-0.2, -0.15) is 0 Å².